The number of hydrogen-bond acceptors (Lipinski definition) is 6. The number of amides is 1. The van der Waals surface area contributed by atoms with Crippen LogP contribution in [0.2, 0.25) is 0 Å². The number of nitrogens with zero attached hydrogens (tertiary/aromatic N) is 3. The van der Waals surface area contributed by atoms with Crippen molar-refractivity contribution in [3.8, 4) is 10.7 Å². The normalized spacial score (nSPS) is 12.2. The molecule has 6 nitrogen and oxygen atoms in total. The third kappa shape index (κ3) is 5.27. The first-order valence-corrected chi connectivity index (χ1v) is 10.5. The summed E-state index contributed by atoms with van der Waals surface area (Å²) >= 11 is 1.56. The Morgan fingerprint density at radius 3 is 2.64 bits per heavy atom. The molecule has 148 valence electrons. The number of nitrogens with one attached hydrogen (secondary N) is 1. The van der Waals surface area contributed by atoms with Crippen molar-refractivity contribution in [1.82, 2.24) is 20.4 Å². The first kappa shape index (κ1) is 20.2. The van der Waals surface area contributed by atoms with Crippen molar-refractivity contribution >= 4 is 17.2 Å². The summed E-state index contributed by atoms with van der Waals surface area (Å²) in [5.74, 6) is 1.06. The molecule has 0 aliphatic heterocycles. The number of hydrogen-bond donors (Lipinski definition) is 1. The van der Waals surface area contributed by atoms with Crippen LogP contribution >= 0.6 is 11.3 Å². The van der Waals surface area contributed by atoms with E-state index in [1.54, 1.807) is 11.3 Å². The van der Waals surface area contributed by atoms with Gasteiger partial charge in [0.2, 0.25) is 17.6 Å². The molecule has 7 heteroatoms. The van der Waals surface area contributed by atoms with Gasteiger partial charge in [0.1, 0.15) is 0 Å². The molecule has 0 spiro atoms. The maximum Gasteiger partial charge on any atom is 0.227 e. The number of aromatic nitrogens is 2. The highest BCUT2D eigenvalue weighted by molar-refractivity contribution is 7.13. The van der Waals surface area contributed by atoms with E-state index in [4.69, 9.17) is 4.52 Å². The van der Waals surface area contributed by atoms with E-state index in [9.17, 15) is 4.79 Å². The minimum atomic E-state index is -0.0102. The highest BCUT2D eigenvalue weighted by atomic mass is 32.1. The minimum Gasteiger partial charge on any atom is -0.354 e. The lowest BCUT2D eigenvalue weighted by Gasteiger charge is -2.30. The van der Waals surface area contributed by atoms with Gasteiger partial charge in [-0.1, -0.05) is 55.4 Å². The molecule has 1 N–H and O–H groups in total. The Kier molecular flexibility index (Phi) is 7.33. The number of benzene rings is 1. The van der Waals surface area contributed by atoms with Crippen LogP contribution in [0.4, 0.5) is 0 Å². The van der Waals surface area contributed by atoms with Crippen LogP contribution < -0.4 is 5.32 Å². The molecule has 2 aromatic heterocycles. The second kappa shape index (κ2) is 10.1. The third-order valence-electron chi connectivity index (χ3n) is 4.71. The number of carbonyl (C=O) groups is 1. The Labute approximate surface area is 169 Å². The monoisotopic (exact) mass is 398 g/mol. The highest BCUT2D eigenvalue weighted by Crippen LogP contribution is 2.22. The molecule has 0 saturated carbocycles. The van der Waals surface area contributed by atoms with Crippen LogP contribution in [0.5, 0.6) is 0 Å². The van der Waals surface area contributed by atoms with Crippen LogP contribution in [0.1, 0.15) is 37.8 Å². The standard InChI is InChI=1S/C21H26N4O2S/c1-3-25(4-2)17(16-9-6-5-7-10-16)15-22-19(26)12-13-20-23-21(24-27-20)18-11-8-14-28-18/h5-11,14,17H,3-4,12-13,15H2,1-2H3,(H,22,26). The largest absolute Gasteiger partial charge is 0.354 e. The van der Waals surface area contributed by atoms with E-state index in [1.807, 2.05) is 35.7 Å². The Morgan fingerprint density at radius 2 is 1.96 bits per heavy atom. The fraction of sp³-hybridized carbons (Fsp3) is 0.381. The van der Waals surface area contributed by atoms with Crippen LogP contribution in [0.3, 0.4) is 0 Å². The van der Waals surface area contributed by atoms with E-state index < -0.39 is 0 Å². The van der Waals surface area contributed by atoms with E-state index in [-0.39, 0.29) is 11.9 Å². The Hall–Kier alpha value is -2.51. The van der Waals surface area contributed by atoms with Gasteiger partial charge in [0.05, 0.1) is 10.9 Å². The average molecular weight is 399 g/mol. The van der Waals surface area contributed by atoms with E-state index in [0.717, 1.165) is 18.0 Å². The lowest BCUT2D eigenvalue weighted by Crippen LogP contribution is -2.38. The SMILES string of the molecule is CCN(CC)C(CNC(=O)CCc1nc(-c2cccs2)no1)c1ccccc1. The van der Waals surface area contributed by atoms with Crippen LogP contribution in [0.15, 0.2) is 52.4 Å². The molecule has 0 radical (unpaired) electrons. The summed E-state index contributed by atoms with van der Waals surface area (Å²) in [6, 6.07) is 14.4. The molecule has 1 amide bonds. The van der Waals surface area contributed by atoms with E-state index in [0.29, 0.717) is 31.1 Å². The smallest absolute Gasteiger partial charge is 0.227 e. The van der Waals surface area contributed by atoms with Gasteiger partial charge in [0.25, 0.3) is 0 Å². The Bertz CT molecular complexity index is 844. The molecule has 1 atom stereocenters. The average Bonchev–Trinajstić information content (AvgIpc) is 3.42. The van der Waals surface area contributed by atoms with Crippen LogP contribution in [-0.2, 0) is 11.2 Å². The molecule has 28 heavy (non-hydrogen) atoms. The molecule has 0 fully saturated rings. The molecule has 3 rings (SSSR count). The molecule has 1 unspecified atom stereocenters. The second-order valence-corrected chi connectivity index (χ2v) is 7.39. The van der Waals surface area contributed by atoms with Gasteiger partial charge in [-0.3, -0.25) is 9.69 Å². The summed E-state index contributed by atoms with van der Waals surface area (Å²) in [5, 5.41) is 9.02. The molecule has 0 bridgehead atoms. The van der Waals surface area contributed by atoms with Gasteiger partial charge in [0, 0.05) is 19.4 Å². The lowest BCUT2D eigenvalue weighted by atomic mass is 10.0. The molecule has 0 saturated heterocycles. The van der Waals surface area contributed by atoms with Gasteiger partial charge < -0.3 is 9.84 Å². The summed E-state index contributed by atoms with van der Waals surface area (Å²) < 4.78 is 5.26. The van der Waals surface area contributed by atoms with Crippen molar-refractivity contribution in [3.63, 3.8) is 0 Å². The summed E-state index contributed by atoms with van der Waals surface area (Å²) in [4.78, 5) is 20.0. The summed E-state index contributed by atoms with van der Waals surface area (Å²) in [5.41, 5.74) is 1.21. The van der Waals surface area contributed by atoms with Gasteiger partial charge in [-0.15, -0.1) is 11.3 Å². The van der Waals surface area contributed by atoms with Crippen LogP contribution in [0, 0.1) is 0 Å². The summed E-state index contributed by atoms with van der Waals surface area (Å²) in [6.07, 6.45) is 0.761. The van der Waals surface area contributed by atoms with Gasteiger partial charge in [0.15, 0.2) is 0 Å². The zero-order valence-corrected chi connectivity index (χ0v) is 17.1. The molecule has 3 aromatic rings. The summed E-state index contributed by atoms with van der Waals surface area (Å²) in [6.45, 7) is 6.72. The van der Waals surface area contributed by atoms with E-state index >= 15 is 0 Å². The van der Waals surface area contributed by atoms with E-state index in [1.165, 1.54) is 5.56 Å². The van der Waals surface area contributed by atoms with Crippen LogP contribution in [-0.4, -0.2) is 40.6 Å². The van der Waals surface area contributed by atoms with Crippen molar-refractivity contribution in [2.24, 2.45) is 0 Å². The molecule has 0 aliphatic carbocycles. The number of carbonyl (C=O) groups excluding carboxylic acids is 1. The maximum atomic E-state index is 12.4. The molecular formula is C21H26N4O2S. The predicted octanol–water partition coefficient (Wildman–Crippen LogP) is 3.93. The second-order valence-electron chi connectivity index (χ2n) is 6.44. The fourth-order valence-corrected chi connectivity index (χ4v) is 3.83. The van der Waals surface area contributed by atoms with Gasteiger partial charge in [-0.25, -0.2) is 0 Å². The first-order valence-electron chi connectivity index (χ1n) is 9.63. The first-order chi connectivity index (χ1) is 13.7. The van der Waals surface area contributed by atoms with Gasteiger partial charge in [-0.05, 0) is 30.1 Å². The highest BCUT2D eigenvalue weighted by Gasteiger charge is 2.19. The van der Waals surface area contributed by atoms with Crippen molar-refractivity contribution in [1.29, 1.82) is 0 Å². The topological polar surface area (TPSA) is 71.3 Å². The molecule has 2 heterocycles. The molecule has 1 aromatic carbocycles. The van der Waals surface area contributed by atoms with Crippen molar-refractivity contribution < 1.29 is 9.32 Å². The zero-order valence-electron chi connectivity index (χ0n) is 16.3. The molecular weight excluding hydrogens is 372 g/mol. The zero-order chi connectivity index (χ0) is 19.8. The quantitative estimate of drug-likeness (QED) is 0.560. The number of likely N-dealkylation sites (N-methyl/N-ethyl adjacent to an activating group) is 1. The number of thiophene rings is 1. The Morgan fingerprint density at radius 1 is 1.18 bits per heavy atom. The van der Waals surface area contributed by atoms with Crippen molar-refractivity contribution in [2.75, 3.05) is 19.6 Å². The maximum absolute atomic E-state index is 12.4. The predicted molar refractivity (Wildman–Crippen MR) is 111 cm³/mol. The van der Waals surface area contributed by atoms with Gasteiger partial charge in [-0.2, -0.15) is 4.98 Å². The Balaban J connectivity index is 1.53. The fourth-order valence-electron chi connectivity index (χ4n) is 3.18. The number of aryl methyl sites for hydroxylation is 1. The lowest BCUT2D eigenvalue weighted by molar-refractivity contribution is -0.121. The van der Waals surface area contributed by atoms with Crippen LogP contribution in [0.25, 0.3) is 10.7 Å². The van der Waals surface area contributed by atoms with Crippen molar-refractivity contribution in [3.05, 3.63) is 59.3 Å². The third-order valence-corrected chi connectivity index (χ3v) is 5.57. The summed E-state index contributed by atoms with van der Waals surface area (Å²) in [7, 11) is 0. The van der Waals surface area contributed by atoms with Gasteiger partial charge >= 0.3 is 0 Å². The molecule has 0 aliphatic rings. The number of rotatable bonds is 10. The minimum absolute atomic E-state index is 0.0102. The van der Waals surface area contributed by atoms with E-state index in [2.05, 4.69) is 46.3 Å². The van der Waals surface area contributed by atoms with Crippen molar-refractivity contribution in [2.45, 2.75) is 32.7 Å².